The highest BCUT2D eigenvalue weighted by Crippen LogP contribution is 2.24. The lowest BCUT2D eigenvalue weighted by molar-refractivity contribution is 0.0602. The number of nitriles is 1. The molecule has 0 saturated heterocycles. The number of anilines is 1. The van der Waals surface area contributed by atoms with Gasteiger partial charge in [0.2, 0.25) is 0 Å². The summed E-state index contributed by atoms with van der Waals surface area (Å²) in [4.78, 5) is 16.1. The lowest BCUT2D eigenvalue weighted by Gasteiger charge is -2.08. The topological polar surface area (TPSA) is 75.0 Å². The highest BCUT2D eigenvalue weighted by Gasteiger charge is 2.12. The molecule has 2 aromatic rings. The van der Waals surface area contributed by atoms with E-state index < -0.39 is 5.97 Å². The van der Waals surface area contributed by atoms with Crippen molar-refractivity contribution in [3.8, 4) is 6.07 Å². The number of allylic oxidation sites excluding steroid dienone is 1. The summed E-state index contributed by atoms with van der Waals surface area (Å²) in [6.07, 6.45) is 1.54. The van der Waals surface area contributed by atoms with Crippen LogP contribution in [0.1, 0.15) is 21.1 Å². The molecule has 22 heavy (non-hydrogen) atoms. The fourth-order valence-corrected chi connectivity index (χ4v) is 2.81. The van der Waals surface area contributed by atoms with Gasteiger partial charge in [-0.3, -0.25) is 0 Å². The second-order valence-corrected chi connectivity index (χ2v) is 6.06. The minimum atomic E-state index is -0.458. The molecule has 112 valence electrons. The van der Waals surface area contributed by atoms with Gasteiger partial charge in [0.25, 0.3) is 0 Å². The van der Waals surface area contributed by atoms with Crippen LogP contribution in [0.5, 0.6) is 0 Å². The van der Waals surface area contributed by atoms with E-state index in [4.69, 9.17) is 4.74 Å². The molecule has 0 saturated carbocycles. The number of carbonyl (C=O) groups excluding carboxylic acids is 1. The smallest absolute Gasteiger partial charge is 0.340 e. The van der Waals surface area contributed by atoms with Gasteiger partial charge < -0.3 is 10.1 Å². The van der Waals surface area contributed by atoms with E-state index in [0.717, 1.165) is 10.2 Å². The maximum absolute atomic E-state index is 11.8. The monoisotopic (exact) mass is 377 g/mol. The Hall–Kier alpha value is -2.17. The quantitative estimate of drug-likeness (QED) is 0.644. The Balaban J connectivity index is 2.32. The number of aryl methyl sites for hydroxylation is 1. The number of thiazole rings is 1. The minimum Gasteiger partial charge on any atom is -0.465 e. The second kappa shape index (κ2) is 7.20. The molecule has 1 N–H and O–H groups in total. The predicted octanol–water partition coefficient (Wildman–Crippen LogP) is 3.98. The molecule has 0 aliphatic rings. The Kier molecular flexibility index (Phi) is 5.31. The molecular weight excluding hydrogens is 366 g/mol. The van der Waals surface area contributed by atoms with Gasteiger partial charge in [-0.05, 0) is 25.1 Å². The number of hydrogen-bond acceptors (Lipinski definition) is 6. The van der Waals surface area contributed by atoms with Crippen molar-refractivity contribution in [2.24, 2.45) is 0 Å². The highest BCUT2D eigenvalue weighted by molar-refractivity contribution is 9.10. The molecule has 0 aliphatic carbocycles. The second-order valence-electron chi connectivity index (χ2n) is 4.29. The third-order valence-corrected chi connectivity index (χ3v) is 4.22. The molecular formula is C15H12BrN3O2S. The van der Waals surface area contributed by atoms with Crippen molar-refractivity contribution in [1.82, 2.24) is 4.98 Å². The number of carbonyl (C=O) groups is 1. The number of benzene rings is 1. The number of methoxy groups -OCH3 is 1. The molecule has 0 fully saturated rings. The first-order chi connectivity index (χ1) is 10.5. The highest BCUT2D eigenvalue weighted by atomic mass is 79.9. The first-order valence-corrected chi connectivity index (χ1v) is 7.89. The first kappa shape index (κ1) is 16.2. The Labute approximate surface area is 140 Å². The van der Waals surface area contributed by atoms with E-state index in [1.807, 2.05) is 12.3 Å². The van der Waals surface area contributed by atoms with E-state index in [0.29, 0.717) is 21.8 Å². The number of aromatic nitrogens is 1. The zero-order chi connectivity index (χ0) is 16.1. The number of nitrogens with one attached hydrogen (secondary N) is 1. The third kappa shape index (κ3) is 3.72. The van der Waals surface area contributed by atoms with E-state index in [1.54, 1.807) is 18.2 Å². The molecule has 1 heterocycles. The summed E-state index contributed by atoms with van der Waals surface area (Å²) in [5.41, 5.74) is 2.19. The van der Waals surface area contributed by atoms with Crippen molar-refractivity contribution in [3.63, 3.8) is 0 Å². The van der Waals surface area contributed by atoms with Crippen LogP contribution in [-0.4, -0.2) is 18.1 Å². The molecule has 0 atom stereocenters. The van der Waals surface area contributed by atoms with Crippen molar-refractivity contribution >= 4 is 44.5 Å². The van der Waals surface area contributed by atoms with Gasteiger partial charge in [-0.15, -0.1) is 11.3 Å². The molecule has 0 unspecified atom stereocenters. The fraction of sp³-hybridized carbons (Fsp3) is 0.133. The average Bonchev–Trinajstić information content (AvgIpc) is 2.94. The summed E-state index contributed by atoms with van der Waals surface area (Å²) in [6, 6.07) is 7.28. The number of ether oxygens (including phenoxy) is 1. The minimum absolute atomic E-state index is 0.376. The average molecular weight is 378 g/mol. The van der Waals surface area contributed by atoms with Gasteiger partial charge in [0, 0.05) is 21.7 Å². The Morgan fingerprint density at radius 1 is 1.55 bits per heavy atom. The van der Waals surface area contributed by atoms with Crippen LogP contribution < -0.4 is 5.32 Å². The summed E-state index contributed by atoms with van der Waals surface area (Å²) in [6.45, 7) is 1.87. The van der Waals surface area contributed by atoms with Crippen molar-refractivity contribution in [3.05, 3.63) is 50.5 Å². The summed E-state index contributed by atoms with van der Waals surface area (Å²) in [5.74, 6) is -0.458. The van der Waals surface area contributed by atoms with Crippen LogP contribution in [0.3, 0.4) is 0 Å². The van der Waals surface area contributed by atoms with Crippen LogP contribution in [0.4, 0.5) is 5.69 Å². The van der Waals surface area contributed by atoms with Crippen molar-refractivity contribution in [1.29, 1.82) is 5.26 Å². The van der Waals surface area contributed by atoms with Gasteiger partial charge in [-0.1, -0.05) is 15.9 Å². The summed E-state index contributed by atoms with van der Waals surface area (Å²) in [5, 5.41) is 14.7. The van der Waals surface area contributed by atoms with Gasteiger partial charge >= 0.3 is 5.97 Å². The molecule has 1 aromatic heterocycles. The number of nitrogens with zero attached hydrogens (tertiary/aromatic N) is 2. The largest absolute Gasteiger partial charge is 0.465 e. The molecule has 0 spiro atoms. The van der Waals surface area contributed by atoms with Crippen molar-refractivity contribution in [2.45, 2.75) is 6.92 Å². The van der Waals surface area contributed by atoms with Crippen LogP contribution in [0, 0.1) is 18.3 Å². The third-order valence-electron chi connectivity index (χ3n) is 2.73. The summed E-state index contributed by atoms with van der Waals surface area (Å²) in [7, 11) is 1.32. The molecule has 0 bridgehead atoms. The van der Waals surface area contributed by atoms with Crippen LogP contribution >= 0.6 is 27.3 Å². The van der Waals surface area contributed by atoms with Crippen LogP contribution in [0.25, 0.3) is 5.57 Å². The zero-order valence-electron chi connectivity index (χ0n) is 11.9. The van der Waals surface area contributed by atoms with Crippen LogP contribution in [-0.2, 0) is 4.74 Å². The summed E-state index contributed by atoms with van der Waals surface area (Å²) < 4.78 is 5.52. The molecule has 0 amide bonds. The van der Waals surface area contributed by atoms with E-state index >= 15 is 0 Å². The first-order valence-electron chi connectivity index (χ1n) is 6.22. The molecule has 1 aromatic carbocycles. The molecule has 2 rings (SSSR count). The number of hydrogen-bond donors (Lipinski definition) is 1. The van der Waals surface area contributed by atoms with E-state index in [-0.39, 0.29) is 0 Å². The van der Waals surface area contributed by atoms with E-state index in [2.05, 4.69) is 32.3 Å². The van der Waals surface area contributed by atoms with Gasteiger partial charge in [-0.2, -0.15) is 5.26 Å². The number of esters is 1. The Bertz CT molecular complexity index is 777. The number of halogens is 1. The Morgan fingerprint density at radius 3 is 2.91 bits per heavy atom. The number of rotatable bonds is 4. The van der Waals surface area contributed by atoms with Gasteiger partial charge in [0.15, 0.2) is 0 Å². The molecule has 5 nitrogen and oxygen atoms in total. The van der Waals surface area contributed by atoms with E-state index in [9.17, 15) is 10.1 Å². The zero-order valence-corrected chi connectivity index (χ0v) is 14.3. The fourth-order valence-electron chi connectivity index (χ4n) is 1.69. The van der Waals surface area contributed by atoms with Gasteiger partial charge in [0.05, 0.1) is 18.4 Å². The Morgan fingerprint density at radius 2 is 2.32 bits per heavy atom. The molecule has 0 aliphatic heterocycles. The van der Waals surface area contributed by atoms with E-state index in [1.165, 1.54) is 24.6 Å². The standard InChI is InChI=1S/C15H12BrN3O2S/c1-9-8-22-14(19-9)10(6-17)7-18-13-4-3-11(16)5-12(13)15(20)21-2/h3-5,7-8,18H,1-2H3/b10-7+. The van der Waals surface area contributed by atoms with Gasteiger partial charge in [-0.25, -0.2) is 9.78 Å². The normalized spacial score (nSPS) is 10.9. The molecule has 7 heteroatoms. The van der Waals surface area contributed by atoms with Crippen molar-refractivity contribution < 1.29 is 9.53 Å². The molecule has 0 radical (unpaired) electrons. The van der Waals surface area contributed by atoms with Gasteiger partial charge in [0.1, 0.15) is 16.6 Å². The maximum atomic E-state index is 11.8. The van der Waals surface area contributed by atoms with Crippen molar-refractivity contribution in [2.75, 3.05) is 12.4 Å². The summed E-state index contributed by atoms with van der Waals surface area (Å²) >= 11 is 4.71. The maximum Gasteiger partial charge on any atom is 0.340 e. The van der Waals surface area contributed by atoms with Crippen LogP contribution in [0.2, 0.25) is 0 Å². The van der Waals surface area contributed by atoms with Crippen LogP contribution in [0.15, 0.2) is 34.3 Å². The lowest BCUT2D eigenvalue weighted by atomic mass is 10.2. The predicted molar refractivity (Wildman–Crippen MR) is 89.5 cm³/mol. The lowest BCUT2D eigenvalue weighted by Crippen LogP contribution is -2.05. The SMILES string of the molecule is COC(=O)c1cc(Br)ccc1N/C=C(\C#N)c1nc(C)cs1.